The van der Waals surface area contributed by atoms with E-state index in [1.807, 2.05) is 0 Å². The van der Waals surface area contributed by atoms with Gasteiger partial charge in [-0.25, -0.2) is 9.13 Å². The standard InChI is InChI=1S/C27H38N2/c1-28-21-16-26(17-22-28)27-18-23-29(24-19-27)20-12-8-6-4-2-3-5-7-9-13-25-14-10-11-15-25/h10-11,14-19,21-25H,2-9,12-13,20H2,1H3/q+2. The van der Waals surface area contributed by atoms with Crippen LogP contribution in [0.5, 0.6) is 0 Å². The van der Waals surface area contributed by atoms with Gasteiger partial charge < -0.3 is 0 Å². The maximum absolute atomic E-state index is 2.33. The molecule has 0 radical (unpaired) electrons. The normalized spacial score (nSPS) is 13.4. The lowest BCUT2D eigenvalue weighted by molar-refractivity contribution is -0.697. The number of unbranched alkanes of at least 4 members (excludes halogenated alkanes) is 8. The van der Waals surface area contributed by atoms with Crippen LogP contribution < -0.4 is 9.13 Å². The van der Waals surface area contributed by atoms with Crippen LogP contribution in [0.25, 0.3) is 11.1 Å². The molecule has 0 amide bonds. The second-order valence-corrected chi connectivity index (χ2v) is 8.48. The van der Waals surface area contributed by atoms with Crippen LogP contribution in [0.2, 0.25) is 0 Å². The maximum atomic E-state index is 2.33. The Morgan fingerprint density at radius 3 is 1.69 bits per heavy atom. The molecule has 154 valence electrons. The minimum atomic E-state index is 0.728. The van der Waals surface area contributed by atoms with E-state index in [4.69, 9.17) is 0 Å². The number of hydrogen-bond donors (Lipinski definition) is 0. The second-order valence-electron chi connectivity index (χ2n) is 8.48. The molecule has 0 unspecified atom stereocenters. The summed E-state index contributed by atoms with van der Waals surface area (Å²) in [5.74, 6) is 0.728. The third-order valence-electron chi connectivity index (χ3n) is 5.98. The van der Waals surface area contributed by atoms with Gasteiger partial charge in [-0.1, -0.05) is 69.2 Å². The van der Waals surface area contributed by atoms with E-state index in [1.54, 1.807) is 0 Å². The molecule has 0 fully saturated rings. The van der Waals surface area contributed by atoms with Gasteiger partial charge in [0.05, 0.1) is 0 Å². The number of rotatable bonds is 13. The number of aryl methyl sites for hydroxylation is 2. The van der Waals surface area contributed by atoms with Gasteiger partial charge >= 0.3 is 0 Å². The summed E-state index contributed by atoms with van der Waals surface area (Å²) in [6.07, 6.45) is 31.5. The van der Waals surface area contributed by atoms with Gasteiger partial charge in [0, 0.05) is 30.7 Å². The van der Waals surface area contributed by atoms with E-state index in [2.05, 4.69) is 89.5 Å². The summed E-state index contributed by atoms with van der Waals surface area (Å²) in [5, 5.41) is 0. The molecule has 0 atom stereocenters. The lowest BCUT2D eigenvalue weighted by atomic mass is 10.0. The van der Waals surface area contributed by atoms with Crippen molar-refractivity contribution in [3.8, 4) is 11.1 Å². The maximum Gasteiger partial charge on any atom is 0.169 e. The fourth-order valence-corrected chi connectivity index (χ4v) is 4.07. The molecule has 0 bridgehead atoms. The van der Waals surface area contributed by atoms with Gasteiger partial charge in [-0.15, -0.1) is 0 Å². The minimum absolute atomic E-state index is 0.728. The van der Waals surface area contributed by atoms with Crippen LogP contribution in [0.15, 0.2) is 73.4 Å². The van der Waals surface area contributed by atoms with Crippen molar-refractivity contribution >= 4 is 0 Å². The zero-order valence-electron chi connectivity index (χ0n) is 18.2. The highest BCUT2D eigenvalue weighted by Gasteiger charge is 2.05. The van der Waals surface area contributed by atoms with Gasteiger partial charge in [-0.3, -0.25) is 0 Å². The van der Waals surface area contributed by atoms with E-state index >= 15 is 0 Å². The summed E-state index contributed by atoms with van der Waals surface area (Å²) < 4.78 is 4.39. The first-order chi connectivity index (χ1) is 14.3. The Labute approximate surface area is 177 Å². The van der Waals surface area contributed by atoms with E-state index in [0.29, 0.717) is 0 Å². The highest BCUT2D eigenvalue weighted by molar-refractivity contribution is 5.60. The Balaban J connectivity index is 1.18. The van der Waals surface area contributed by atoms with Gasteiger partial charge in [0.25, 0.3) is 0 Å². The fraction of sp³-hybridized carbons (Fsp3) is 0.481. The molecule has 29 heavy (non-hydrogen) atoms. The van der Waals surface area contributed by atoms with E-state index < -0.39 is 0 Å². The molecule has 2 heteroatoms. The average Bonchev–Trinajstić information content (AvgIpc) is 3.27. The van der Waals surface area contributed by atoms with Crippen LogP contribution in [-0.4, -0.2) is 0 Å². The number of nitrogens with zero attached hydrogens (tertiary/aromatic N) is 2. The first-order valence-electron chi connectivity index (χ1n) is 11.6. The van der Waals surface area contributed by atoms with E-state index in [1.165, 1.54) is 75.3 Å². The lowest BCUT2D eigenvalue weighted by Gasteiger charge is -2.05. The van der Waals surface area contributed by atoms with Gasteiger partial charge in [-0.2, -0.15) is 0 Å². The summed E-state index contributed by atoms with van der Waals surface area (Å²) in [4.78, 5) is 0. The third-order valence-corrected chi connectivity index (χ3v) is 5.98. The molecule has 1 aliphatic rings. The van der Waals surface area contributed by atoms with Crippen LogP contribution in [0.1, 0.15) is 64.2 Å². The van der Waals surface area contributed by atoms with E-state index in [9.17, 15) is 0 Å². The molecule has 3 rings (SSSR count). The molecule has 0 saturated heterocycles. The van der Waals surface area contributed by atoms with Crippen molar-refractivity contribution in [2.45, 2.75) is 70.8 Å². The summed E-state index contributed by atoms with van der Waals surface area (Å²) in [7, 11) is 2.05. The number of allylic oxidation sites excluding steroid dienone is 4. The highest BCUT2D eigenvalue weighted by atomic mass is 14.9. The summed E-state index contributed by atoms with van der Waals surface area (Å²) in [6.45, 7) is 1.13. The minimum Gasteiger partial charge on any atom is -0.208 e. The molecule has 0 saturated carbocycles. The van der Waals surface area contributed by atoms with E-state index in [-0.39, 0.29) is 0 Å². The molecule has 2 heterocycles. The quantitative estimate of drug-likeness (QED) is 0.288. The van der Waals surface area contributed by atoms with Crippen LogP contribution in [0, 0.1) is 5.92 Å². The van der Waals surface area contributed by atoms with Crippen molar-refractivity contribution in [2.75, 3.05) is 0 Å². The Kier molecular flexibility index (Phi) is 9.16. The summed E-state index contributed by atoms with van der Waals surface area (Å²) in [5.41, 5.74) is 2.57. The van der Waals surface area contributed by atoms with Crippen LogP contribution in [-0.2, 0) is 13.6 Å². The molecule has 0 aliphatic heterocycles. The molecule has 1 aliphatic carbocycles. The van der Waals surface area contributed by atoms with Crippen LogP contribution >= 0.6 is 0 Å². The lowest BCUT2D eigenvalue weighted by Crippen LogP contribution is -2.32. The summed E-state index contributed by atoms with van der Waals surface area (Å²) in [6, 6.07) is 8.80. The second kappa shape index (κ2) is 12.4. The molecule has 2 nitrogen and oxygen atoms in total. The molecule has 0 N–H and O–H groups in total. The Bertz CT molecular complexity index is 744. The molecular formula is C27H38N2+2. The van der Waals surface area contributed by atoms with Crippen molar-refractivity contribution < 1.29 is 9.13 Å². The van der Waals surface area contributed by atoms with Crippen molar-refractivity contribution in [3.63, 3.8) is 0 Å². The smallest absolute Gasteiger partial charge is 0.169 e. The predicted molar refractivity (Wildman–Crippen MR) is 121 cm³/mol. The molecular weight excluding hydrogens is 352 g/mol. The van der Waals surface area contributed by atoms with Crippen molar-refractivity contribution in [1.29, 1.82) is 0 Å². The highest BCUT2D eigenvalue weighted by Crippen LogP contribution is 2.18. The van der Waals surface area contributed by atoms with Gasteiger partial charge in [0.15, 0.2) is 24.8 Å². The Morgan fingerprint density at radius 2 is 1.10 bits per heavy atom. The summed E-state index contributed by atoms with van der Waals surface area (Å²) >= 11 is 0. The van der Waals surface area contributed by atoms with Gasteiger partial charge in [0.2, 0.25) is 0 Å². The number of hydrogen-bond acceptors (Lipinski definition) is 0. The van der Waals surface area contributed by atoms with Crippen molar-refractivity contribution in [2.24, 2.45) is 13.0 Å². The molecule has 0 aromatic carbocycles. The molecule has 2 aromatic rings. The van der Waals surface area contributed by atoms with Crippen LogP contribution in [0.4, 0.5) is 0 Å². The first-order valence-corrected chi connectivity index (χ1v) is 11.6. The zero-order chi connectivity index (χ0) is 20.2. The molecule has 2 aromatic heterocycles. The number of aromatic nitrogens is 2. The fourth-order valence-electron chi connectivity index (χ4n) is 4.07. The van der Waals surface area contributed by atoms with Crippen LogP contribution in [0.3, 0.4) is 0 Å². The molecule has 0 spiro atoms. The third kappa shape index (κ3) is 7.97. The Hall–Kier alpha value is -2.22. The van der Waals surface area contributed by atoms with Gasteiger partial charge in [-0.05, 0) is 29.9 Å². The monoisotopic (exact) mass is 390 g/mol. The zero-order valence-corrected chi connectivity index (χ0v) is 18.2. The Morgan fingerprint density at radius 1 is 0.621 bits per heavy atom. The van der Waals surface area contributed by atoms with Gasteiger partial charge in [0.1, 0.15) is 13.6 Å². The van der Waals surface area contributed by atoms with Crippen molar-refractivity contribution in [3.05, 3.63) is 73.4 Å². The average molecular weight is 391 g/mol. The largest absolute Gasteiger partial charge is 0.208 e. The first kappa shape index (κ1) is 21.5. The topological polar surface area (TPSA) is 7.76 Å². The van der Waals surface area contributed by atoms with E-state index in [0.717, 1.165) is 12.5 Å². The SMILES string of the molecule is C[n+]1ccc(-c2cc[n+](CCCCCCCCCCCC3C=CC=C3)cc2)cc1. The van der Waals surface area contributed by atoms with Crippen molar-refractivity contribution in [1.82, 2.24) is 0 Å². The number of pyridine rings is 2. The predicted octanol–water partition coefficient (Wildman–Crippen LogP) is 6.11.